The number of carboxylic acid groups (broad SMARTS) is 1. The fourth-order valence-electron chi connectivity index (χ4n) is 2.93. The Balaban J connectivity index is 2.09. The minimum Gasteiger partial charge on any atom is -0.496 e. The van der Waals surface area contributed by atoms with Gasteiger partial charge in [-0.3, -0.25) is 9.59 Å². The molecule has 1 aromatic carbocycles. The van der Waals surface area contributed by atoms with E-state index in [1.54, 1.807) is 19.2 Å². The summed E-state index contributed by atoms with van der Waals surface area (Å²) < 4.78 is 5.18. The summed E-state index contributed by atoms with van der Waals surface area (Å²) in [4.78, 5) is 23.6. The molecule has 0 spiro atoms. The number of hydrogen-bond donors (Lipinski definition) is 2. The summed E-state index contributed by atoms with van der Waals surface area (Å²) in [7, 11) is 1.60. The summed E-state index contributed by atoms with van der Waals surface area (Å²) >= 11 is 0. The summed E-state index contributed by atoms with van der Waals surface area (Å²) in [5, 5.41) is 12.1. The number of carbonyl (C=O) groups is 2. The average molecular weight is 291 g/mol. The SMILES string of the molecule is COc1ccc(NC(=O)C2CCCCC2C(=O)O)cc1C. The van der Waals surface area contributed by atoms with Crippen LogP contribution in [-0.4, -0.2) is 24.1 Å². The molecule has 5 nitrogen and oxygen atoms in total. The Morgan fingerprint density at radius 3 is 2.48 bits per heavy atom. The van der Waals surface area contributed by atoms with Crippen LogP contribution in [0, 0.1) is 18.8 Å². The van der Waals surface area contributed by atoms with Gasteiger partial charge < -0.3 is 15.2 Å². The number of hydrogen-bond acceptors (Lipinski definition) is 3. The first-order chi connectivity index (χ1) is 10.0. The van der Waals surface area contributed by atoms with Gasteiger partial charge in [-0.25, -0.2) is 0 Å². The molecule has 0 radical (unpaired) electrons. The van der Waals surface area contributed by atoms with Gasteiger partial charge in [-0.1, -0.05) is 12.8 Å². The molecule has 5 heteroatoms. The lowest BCUT2D eigenvalue weighted by Crippen LogP contribution is -2.36. The van der Waals surface area contributed by atoms with Crippen molar-refractivity contribution in [1.29, 1.82) is 0 Å². The predicted molar refractivity (Wildman–Crippen MR) is 79.4 cm³/mol. The molecule has 1 aliphatic carbocycles. The number of rotatable bonds is 4. The van der Waals surface area contributed by atoms with Crippen LogP contribution in [0.1, 0.15) is 31.2 Å². The Morgan fingerprint density at radius 2 is 1.90 bits per heavy atom. The van der Waals surface area contributed by atoms with Crippen LogP contribution in [0.15, 0.2) is 18.2 Å². The predicted octanol–water partition coefficient (Wildman–Crippen LogP) is 2.83. The van der Waals surface area contributed by atoms with E-state index in [0.29, 0.717) is 18.5 Å². The van der Waals surface area contributed by atoms with Gasteiger partial charge >= 0.3 is 5.97 Å². The first kappa shape index (κ1) is 15.4. The molecule has 0 bridgehead atoms. The van der Waals surface area contributed by atoms with Crippen LogP contribution in [0.2, 0.25) is 0 Å². The number of ether oxygens (including phenoxy) is 1. The number of methoxy groups -OCH3 is 1. The van der Waals surface area contributed by atoms with E-state index < -0.39 is 17.8 Å². The lowest BCUT2D eigenvalue weighted by Gasteiger charge is -2.27. The molecule has 1 saturated carbocycles. The molecule has 114 valence electrons. The number of nitrogens with one attached hydrogen (secondary N) is 1. The maximum absolute atomic E-state index is 12.3. The minimum atomic E-state index is -0.874. The molecule has 2 N–H and O–H groups in total. The number of carboxylic acids is 1. The first-order valence-electron chi connectivity index (χ1n) is 7.21. The fourth-order valence-corrected chi connectivity index (χ4v) is 2.93. The topological polar surface area (TPSA) is 75.6 Å². The largest absolute Gasteiger partial charge is 0.496 e. The number of benzene rings is 1. The van der Waals surface area contributed by atoms with Crippen molar-refractivity contribution in [2.75, 3.05) is 12.4 Å². The maximum Gasteiger partial charge on any atom is 0.307 e. The van der Waals surface area contributed by atoms with Gasteiger partial charge in [0.15, 0.2) is 0 Å². The van der Waals surface area contributed by atoms with Gasteiger partial charge in [-0.2, -0.15) is 0 Å². The minimum absolute atomic E-state index is 0.202. The Bertz CT molecular complexity index is 541. The van der Waals surface area contributed by atoms with Gasteiger partial charge in [0.2, 0.25) is 5.91 Å². The highest BCUT2D eigenvalue weighted by Crippen LogP contribution is 2.31. The molecule has 1 amide bonds. The highest BCUT2D eigenvalue weighted by atomic mass is 16.5. The van der Waals surface area contributed by atoms with Crippen molar-refractivity contribution in [2.24, 2.45) is 11.8 Å². The van der Waals surface area contributed by atoms with E-state index in [9.17, 15) is 14.7 Å². The Hall–Kier alpha value is -2.04. The Kier molecular flexibility index (Phi) is 4.83. The van der Waals surface area contributed by atoms with Gasteiger partial charge in [-0.15, -0.1) is 0 Å². The first-order valence-corrected chi connectivity index (χ1v) is 7.21. The number of aryl methyl sites for hydroxylation is 1. The van der Waals surface area contributed by atoms with Crippen molar-refractivity contribution in [3.63, 3.8) is 0 Å². The monoisotopic (exact) mass is 291 g/mol. The van der Waals surface area contributed by atoms with Gasteiger partial charge in [0.1, 0.15) is 5.75 Å². The zero-order valence-corrected chi connectivity index (χ0v) is 12.4. The van der Waals surface area contributed by atoms with E-state index in [1.165, 1.54) is 0 Å². The molecule has 0 saturated heterocycles. The van der Waals surface area contributed by atoms with Crippen molar-refractivity contribution >= 4 is 17.6 Å². The van der Waals surface area contributed by atoms with Crippen LogP contribution in [0.3, 0.4) is 0 Å². The zero-order valence-electron chi connectivity index (χ0n) is 12.4. The van der Waals surface area contributed by atoms with E-state index in [-0.39, 0.29) is 5.91 Å². The third-order valence-electron chi connectivity index (χ3n) is 4.08. The normalized spacial score (nSPS) is 21.6. The van der Waals surface area contributed by atoms with Crippen LogP contribution in [-0.2, 0) is 9.59 Å². The van der Waals surface area contributed by atoms with E-state index in [1.807, 2.05) is 13.0 Å². The summed E-state index contributed by atoms with van der Waals surface area (Å²) in [5.74, 6) is -1.33. The average Bonchev–Trinajstić information content (AvgIpc) is 2.47. The molecule has 2 atom stereocenters. The molecule has 1 aromatic rings. The third-order valence-corrected chi connectivity index (χ3v) is 4.08. The van der Waals surface area contributed by atoms with Crippen LogP contribution in [0.5, 0.6) is 5.75 Å². The number of amides is 1. The molecule has 1 aliphatic rings. The zero-order chi connectivity index (χ0) is 15.4. The van der Waals surface area contributed by atoms with Crippen LogP contribution in [0.25, 0.3) is 0 Å². The Morgan fingerprint density at radius 1 is 1.24 bits per heavy atom. The third kappa shape index (κ3) is 3.54. The molecule has 0 aliphatic heterocycles. The van der Waals surface area contributed by atoms with E-state index in [2.05, 4.69) is 5.32 Å². The molecular weight excluding hydrogens is 270 g/mol. The molecular formula is C16H21NO4. The second kappa shape index (κ2) is 6.61. The van der Waals surface area contributed by atoms with E-state index >= 15 is 0 Å². The number of aliphatic carboxylic acids is 1. The molecule has 0 heterocycles. The molecule has 21 heavy (non-hydrogen) atoms. The highest BCUT2D eigenvalue weighted by Gasteiger charge is 2.35. The quantitative estimate of drug-likeness (QED) is 0.894. The van der Waals surface area contributed by atoms with Crippen LogP contribution >= 0.6 is 0 Å². The van der Waals surface area contributed by atoms with Gasteiger partial charge in [0.05, 0.1) is 18.9 Å². The Labute approximate surface area is 124 Å². The van der Waals surface area contributed by atoms with Crippen molar-refractivity contribution in [3.05, 3.63) is 23.8 Å². The maximum atomic E-state index is 12.3. The van der Waals surface area contributed by atoms with Gasteiger partial charge in [-0.05, 0) is 43.5 Å². The van der Waals surface area contributed by atoms with Crippen LogP contribution < -0.4 is 10.1 Å². The molecule has 0 aromatic heterocycles. The summed E-state index contributed by atoms with van der Waals surface area (Å²) in [6.45, 7) is 1.90. The lowest BCUT2D eigenvalue weighted by atomic mass is 9.78. The second-order valence-electron chi connectivity index (χ2n) is 5.51. The van der Waals surface area contributed by atoms with Crippen molar-refractivity contribution in [1.82, 2.24) is 0 Å². The fraction of sp³-hybridized carbons (Fsp3) is 0.500. The standard InChI is InChI=1S/C16H21NO4/c1-10-9-11(7-8-14(10)21-2)17-15(18)12-5-3-4-6-13(12)16(19)20/h7-9,12-13H,3-6H2,1-2H3,(H,17,18)(H,19,20). The van der Waals surface area contributed by atoms with Crippen molar-refractivity contribution < 1.29 is 19.4 Å². The molecule has 1 fully saturated rings. The summed E-state index contributed by atoms with van der Waals surface area (Å²) in [6.07, 6.45) is 3.00. The number of carbonyl (C=O) groups excluding carboxylic acids is 1. The van der Waals surface area contributed by atoms with Crippen molar-refractivity contribution in [3.8, 4) is 5.75 Å². The molecule has 2 unspecified atom stereocenters. The van der Waals surface area contributed by atoms with Crippen molar-refractivity contribution in [2.45, 2.75) is 32.6 Å². The van der Waals surface area contributed by atoms with E-state index in [0.717, 1.165) is 24.2 Å². The highest BCUT2D eigenvalue weighted by molar-refractivity contribution is 5.95. The van der Waals surface area contributed by atoms with Crippen LogP contribution in [0.4, 0.5) is 5.69 Å². The number of anilines is 1. The van der Waals surface area contributed by atoms with E-state index in [4.69, 9.17) is 4.74 Å². The smallest absolute Gasteiger partial charge is 0.307 e. The van der Waals surface area contributed by atoms with Gasteiger partial charge in [0, 0.05) is 5.69 Å². The second-order valence-corrected chi connectivity index (χ2v) is 5.51. The molecule has 2 rings (SSSR count). The summed E-state index contributed by atoms with van der Waals surface area (Å²) in [5.41, 5.74) is 1.60. The summed E-state index contributed by atoms with van der Waals surface area (Å²) in [6, 6.07) is 5.39. The lowest BCUT2D eigenvalue weighted by molar-refractivity contribution is -0.147. The van der Waals surface area contributed by atoms with Gasteiger partial charge in [0.25, 0.3) is 0 Å².